The Morgan fingerprint density at radius 1 is 1.19 bits per heavy atom. The molecule has 1 heterocycles. The fourth-order valence-electron chi connectivity index (χ4n) is 2.31. The molecule has 1 N–H and O–H groups in total. The van der Waals surface area contributed by atoms with E-state index in [1.54, 1.807) is 12.1 Å². The first-order chi connectivity index (χ1) is 13.1. The normalized spacial score (nSPS) is 14.4. The minimum absolute atomic E-state index is 0.000669. The Morgan fingerprint density at radius 3 is 2.48 bits per heavy atom. The molecule has 7 nitrogen and oxygen atoms in total. The van der Waals surface area contributed by atoms with Gasteiger partial charge in [0.25, 0.3) is 11.6 Å². The van der Waals surface area contributed by atoms with Crippen molar-refractivity contribution in [2.24, 2.45) is 5.10 Å². The monoisotopic (exact) mass is 403 g/mol. The summed E-state index contributed by atoms with van der Waals surface area (Å²) in [5.41, 5.74) is 4.26. The summed E-state index contributed by atoms with van der Waals surface area (Å²) in [6.07, 6.45) is 1.41. The number of carbonyl (C=O) groups excluding carboxylic acids is 1. The highest BCUT2D eigenvalue weighted by Gasteiger charge is 2.17. The van der Waals surface area contributed by atoms with Crippen molar-refractivity contribution in [3.05, 3.63) is 69.8 Å². The number of hydrogen-bond donors (Lipinski definition) is 1. The second-order valence-corrected chi connectivity index (χ2v) is 8.30. The van der Waals surface area contributed by atoms with Gasteiger partial charge in [-0.25, -0.2) is 5.43 Å². The van der Waals surface area contributed by atoms with Gasteiger partial charge in [-0.05, 0) is 35.4 Å². The highest BCUT2D eigenvalue weighted by atomic mass is 32.2. The summed E-state index contributed by atoms with van der Waals surface area (Å²) in [5.74, 6) is 2.59. The Hall–Kier alpha value is -2.52. The van der Waals surface area contributed by atoms with Gasteiger partial charge in [-0.3, -0.25) is 14.9 Å². The van der Waals surface area contributed by atoms with E-state index in [0.29, 0.717) is 15.9 Å². The maximum absolute atomic E-state index is 11.8. The van der Waals surface area contributed by atoms with Crippen LogP contribution < -0.4 is 10.2 Å². The number of thioether (sulfide) groups is 2. The van der Waals surface area contributed by atoms with Crippen LogP contribution in [-0.4, -0.2) is 35.2 Å². The number of rotatable bonds is 7. The van der Waals surface area contributed by atoms with E-state index in [1.807, 2.05) is 47.8 Å². The lowest BCUT2D eigenvalue weighted by Gasteiger charge is -2.10. The van der Waals surface area contributed by atoms with Crippen LogP contribution in [0.1, 0.15) is 15.7 Å². The molecule has 9 heteroatoms. The van der Waals surface area contributed by atoms with Crippen LogP contribution in [0, 0.1) is 10.1 Å². The summed E-state index contributed by atoms with van der Waals surface area (Å²) >= 11 is 3.88. The van der Waals surface area contributed by atoms with E-state index in [9.17, 15) is 14.9 Å². The molecule has 0 aromatic heterocycles. The number of nitro groups is 1. The molecule has 2 aromatic carbocycles. The zero-order valence-corrected chi connectivity index (χ0v) is 15.9. The predicted molar refractivity (Wildman–Crippen MR) is 108 cm³/mol. The van der Waals surface area contributed by atoms with Crippen molar-refractivity contribution in [3.63, 3.8) is 0 Å². The molecule has 0 spiro atoms. The van der Waals surface area contributed by atoms with Crippen LogP contribution in [0.4, 0.5) is 5.69 Å². The first-order valence-corrected chi connectivity index (χ1v) is 10.2. The molecule has 0 bridgehead atoms. The molecule has 0 saturated carbocycles. The molecular formula is C18H17N3O4S2. The Kier molecular flexibility index (Phi) is 6.72. The van der Waals surface area contributed by atoms with Gasteiger partial charge >= 0.3 is 0 Å². The smallest absolute Gasteiger partial charge is 0.277 e. The average molecular weight is 403 g/mol. The van der Waals surface area contributed by atoms with E-state index in [4.69, 9.17) is 4.74 Å². The number of hydrazone groups is 1. The van der Waals surface area contributed by atoms with Crippen LogP contribution in [0.2, 0.25) is 0 Å². The maximum atomic E-state index is 11.8. The Balaban J connectivity index is 1.43. The molecule has 1 aliphatic heterocycles. The number of carbonyl (C=O) groups is 1. The summed E-state index contributed by atoms with van der Waals surface area (Å²) in [6, 6.07) is 13.6. The van der Waals surface area contributed by atoms with Crippen molar-refractivity contribution in [2.75, 3.05) is 18.1 Å². The van der Waals surface area contributed by atoms with Crippen molar-refractivity contribution < 1.29 is 14.5 Å². The lowest BCUT2D eigenvalue weighted by Crippen LogP contribution is -2.24. The third-order valence-corrected chi connectivity index (χ3v) is 6.76. The zero-order valence-electron chi connectivity index (χ0n) is 14.2. The Bertz CT molecular complexity index is 820. The van der Waals surface area contributed by atoms with Gasteiger partial charge in [-0.2, -0.15) is 5.10 Å². The van der Waals surface area contributed by atoms with E-state index in [1.165, 1.54) is 35.4 Å². The van der Waals surface area contributed by atoms with Crippen LogP contribution in [0.5, 0.6) is 5.75 Å². The largest absolute Gasteiger partial charge is 0.484 e. The minimum Gasteiger partial charge on any atom is -0.484 e. The van der Waals surface area contributed by atoms with Gasteiger partial charge < -0.3 is 4.74 Å². The number of nitrogens with zero attached hydrogens (tertiary/aromatic N) is 2. The quantitative estimate of drug-likeness (QED) is 0.431. The lowest BCUT2D eigenvalue weighted by molar-refractivity contribution is -0.384. The molecule has 0 unspecified atom stereocenters. The van der Waals surface area contributed by atoms with Crippen molar-refractivity contribution in [1.29, 1.82) is 0 Å². The third-order valence-electron chi connectivity index (χ3n) is 3.65. The van der Waals surface area contributed by atoms with Gasteiger partial charge in [0.05, 0.1) is 15.7 Å². The number of benzene rings is 2. The molecule has 2 aromatic rings. The van der Waals surface area contributed by atoms with Crippen LogP contribution in [0.3, 0.4) is 0 Å². The van der Waals surface area contributed by atoms with Crippen LogP contribution >= 0.6 is 23.5 Å². The highest BCUT2D eigenvalue weighted by Crippen LogP contribution is 2.45. The topological polar surface area (TPSA) is 93.8 Å². The highest BCUT2D eigenvalue weighted by molar-refractivity contribution is 8.19. The lowest BCUT2D eigenvalue weighted by atomic mass is 10.2. The number of amides is 1. The van der Waals surface area contributed by atoms with E-state index >= 15 is 0 Å². The standard InChI is InChI=1S/C18H17N3O4S2/c22-17(20-19-11-13-1-5-15(6-2-13)21(23)24)12-25-16-7-3-14(4-8-16)18-26-9-10-27-18/h1-8,11,18H,9-10,12H2,(H,20,22)/b19-11-. The fraction of sp³-hybridized carbons (Fsp3) is 0.222. The van der Waals surface area contributed by atoms with E-state index < -0.39 is 4.92 Å². The summed E-state index contributed by atoms with van der Waals surface area (Å²) in [5, 5.41) is 14.4. The van der Waals surface area contributed by atoms with Gasteiger partial charge in [-0.15, -0.1) is 23.5 Å². The molecule has 140 valence electrons. The molecule has 1 amide bonds. The van der Waals surface area contributed by atoms with Crippen molar-refractivity contribution in [1.82, 2.24) is 5.43 Å². The molecule has 1 saturated heterocycles. The maximum Gasteiger partial charge on any atom is 0.277 e. The number of ether oxygens (including phenoxy) is 1. The Labute approximate surface area is 164 Å². The molecule has 3 rings (SSSR count). The second-order valence-electron chi connectivity index (χ2n) is 5.57. The zero-order chi connectivity index (χ0) is 19.1. The van der Waals surface area contributed by atoms with Crippen molar-refractivity contribution in [3.8, 4) is 5.75 Å². The van der Waals surface area contributed by atoms with E-state index in [0.717, 1.165) is 0 Å². The predicted octanol–water partition coefficient (Wildman–Crippen LogP) is 3.60. The van der Waals surface area contributed by atoms with Crippen LogP contribution in [0.15, 0.2) is 53.6 Å². The first-order valence-electron chi connectivity index (χ1n) is 8.14. The molecule has 27 heavy (non-hydrogen) atoms. The summed E-state index contributed by atoms with van der Waals surface area (Å²) in [7, 11) is 0. The van der Waals surface area contributed by atoms with E-state index in [-0.39, 0.29) is 18.2 Å². The first kappa shape index (κ1) is 19.2. The number of nitro benzene ring substituents is 1. The Morgan fingerprint density at radius 2 is 1.85 bits per heavy atom. The van der Waals surface area contributed by atoms with Crippen molar-refractivity contribution in [2.45, 2.75) is 4.58 Å². The van der Waals surface area contributed by atoms with Crippen LogP contribution in [0.25, 0.3) is 0 Å². The van der Waals surface area contributed by atoms with E-state index in [2.05, 4.69) is 10.5 Å². The number of hydrogen-bond acceptors (Lipinski definition) is 7. The van der Waals surface area contributed by atoms with Gasteiger partial charge in [0.15, 0.2) is 6.61 Å². The second kappa shape index (κ2) is 9.43. The molecule has 1 aliphatic rings. The summed E-state index contributed by atoms with van der Waals surface area (Å²) < 4.78 is 5.94. The molecular weight excluding hydrogens is 386 g/mol. The molecule has 0 atom stereocenters. The summed E-state index contributed by atoms with van der Waals surface area (Å²) in [6.45, 7) is -0.149. The molecule has 0 aliphatic carbocycles. The van der Waals surface area contributed by atoms with Gasteiger partial charge in [-0.1, -0.05) is 12.1 Å². The fourth-order valence-corrected chi connectivity index (χ4v) is 5.17. The number of nitrogens with one attached hydrogen (secondary N) is 1. The van der Waals surface area contributed by atoms with Gasteiger partial charge in [0.1, 0.15) is 5.75 Å². The molecule has 0 radical (unpaired) electrons. The van der Waals surface area contributed by atoms with Crippen LogP contribution in [-0.2, 0) is 4.79 Å². The minimum atomic E-state index is -0.474. The average Bonchev–Trinajstić information content (AvgIpc) is 3.22. The third kappa shape index (κ3) is 5.73. The van der Waals surface area contributed by atoms with Crippen molar-refractivity contribution >= 4 is 41.3 Å². The molecule has 1 fully saturated rings. The van der Waals surface area contributed by atoms with Gasteiger partial charge in [0, 0.05) is 23.6 Å². The SMILES string of the molecule is O=C(COc1ccc(C2SCCS2)cc1)N/N=C\c1ccc([N+](=O)[O-])cc1. The van der Waals surface area contributed by atoms with Gasteiger partial charge in [0.2, 0.25) is 0 Å². The number of non-ortho nitro benzene ring substituents is 1. The summed E-state index contributed by atoms with van der Waals surface area (Å²) in [4.78, 5) is 21.9.